The van der Waals surface area contributed by atoms with E-state index >= 15 is 0 Å². The zero-order valence-electron chi connectivity index (χ0n) is 18.3. The standard InChI is InChI=1S/C23H33N3O4/c1-17(16-30-3)24-10-8-23(9-11-24)21(27)26(22(28)25(23)12-13-29-2)20-14-18-6-4-5-7-19(18)15-20/h4-7,17,20H,8-16H2,1-3H3/t17-/m1/s1. The minimum atomic E-state index is -0.742. The fourth-order valence-electron chi connectivity index (χ4n) is 5.44. The average Bonchev–Trinajstić information content (AvgIpc) is 3.25. The highest BCUT2D eigenvalue weighted by Crippen LogP contribution is 2.40. The summed E-state index contributed by atoms with van der Waals surface area (Å²) < 4.78 is 10.6. The smallest absolute Gasteiger partial charge is 0.328 e. The highest BCUT2D eigenvalue weighted by atomic mass is 16.5. The van der Waals surface area contributed by atoms with Gasteiger partial charge in [-0.15, -0.1) is 0 Å². The van der Waals surface area contributed by atoms with Crippen molar-refractivity contribution >= 4 is 11.9 Å². The van der Waals surface area contributed by atoms with Gasteiger partial charge in [-0.05, 0) is 43.7 Å². The molecule has 0 unspecified atom stereocenters. The van der Waals surface area contributed by atoms with Crippen LogP contribution in [0.15, 0.2) is 24.3 Å². The van der Waals surface area contributed by atoms with E-state index in [2.05, 4.69) is 24.0 Å². The molecule has 2 saturated heterocycles. The molecule has 3 aliphatic rings. The Morgan fingerprint density at radius 2 is 1.70 bits per heavy atom. The number of rotatable bonds is 7. The second kappa shape index (κ2) is 8.65. The lowest BCUT2D eigenvalue weighted by Gasteiger charge is -2.43. The lowest BCUT2D eigenvalue weighted by molar-refractivity contribution is -0.137. The van der Waals surface area contributed by atoms with Crippen molar-refractivity contribution in [1.82, 2.24) is 14.7 Å². The van der Waals surface area contributed by atoms with Crippen LogP contribution in [0.1, 0.15) is 30.9 Å². The SMILES string of the molecule is COCCN1C(=O)N(C2Cc3ccccc3C2)C(=O)C12CCN([C@H](C)COC)CC2. The van der Waals surface area contributed by atoms with Crippen LogP contribution in [-0.2, 0) is 27.1 Å². The number of nitrogens with zero attached hydrogens (tertiary/aromatic N) is 3. The van der Waals surface area contributed by atoms with Crippen molar-refractivity contribution < 1.29 is 19.1 Å². The van der Waals surface area contributed by atoms with Gasteiger partial charge in [0.1, 0.15) is 5.54 Å². The van der Waals surface area contributed by atoms with E-state index in [-0.39, 0.29) is 18.0 Å². The zero-order valence-corrected chi connectivity index (χ0v) is 18.3. The molecule has 3 amide bonds. The number of carbonyl (C=O) groups is 2. The molecule has 7 heteroatoms. The second-order valence-corrected chi connectivity index (χ2v) is 8.80. The molecule has 164 valence electrons. The Kier molecular flexibility index (Phi) is 6.14. The number of fused-ring (bicyclic) bond motifs is 1. The molecular weight excluding hydrogens is 382 g/mol. The molecule has 2 aliphatic heterocycles. The summed E-state index contributed by atoms with van der Waals surface area (Å²) >= 11 is 0. The van der Waals surface area contributed by atoms with Crippen molar-refractivity contribution in [3.05, 3.63) is 35.4 Å². The molecule has 1 aliphatic carbocycles. The molecule has 30 heavy (non-hydrogen) atoms. The third-order valence-electron chi connectivity index (χ3n) is 7.14. The maximum absolute atomic E-state index is 13.8. The van der Waals surface area contributed by atoms with Crippen LogP contribution >= 0.6 is 0 Å². The summed E-state index contributed by atoms with van der Waals surface area (Å²) in [6, 6.07) is 8.33. The van der Waals surface area contributed by atoms with Crippen LogP contribution in [0.3, 0.4) is 0 Å². The first-order valence-electron chi connectivity index (χ1n) is 11.0. The van der Waals surface area contributed by atoms with Crippen LogP contribution in [0, 0.1) is 0 Å². The van der Waals surface area contributed by atoms with Crippen molar-refractivity contribution in [3.8, 4) is 0 Å². The lowest BCUT2D eigenvalue weighted by atomic mass is 9.85. The molecule has 0 N–H and O–H groups in total. The number of hydrogen-bond donors (Lipinski definition) is 0. The number of urea groups is 1. The number of hydrogen-bond acceptors (Lipinski definition) is 5. The van der Waals surface area contributed by atoms with Crippen LogP contribution < -0.4 is 0 Å². The van der Waals surface area contributed by atoms with E-state index in [9.17, 15) is 9.59 Å². The predicted molar refractivity (Wildman–Crippen MR) is 113 cm³/mol. The number of piperidine rings is 1. The zero-order chi connectivity index (χ0) is 21.3. The molecule has 4 rings (SSSR count). The van der Waals surface area contributed by atoms with Crippen molar-refractivity contribution in [3.63, 3.8) is 0 Å². The molecule has 1 atom stereocenters. The third-order valence-corrected chi connectivity index (χ3v) is 7.14. The first-order valence-corrected chi connectivity index (χ1v) is 11.0. The van der Waals surface area contributed by atoms with Crippen LogP contribution in [-0.4, -0.2) is 91.3 Å². The number of likely N-dealkylation sites (tertiary alicyclic amines) is 1. The number of imide groups is 1. The number of benzene rings is 1. The average molecular weight is 416 g/mol. The van der Waals surface area contributed by atoms with Crippen LogP contribution in [0.4, 0.5) is 4.79 Å². The summed E-state index contributed by atoms with van der Waals surface area (Å²) in [5.41, 5.74) is 1.75. The molecule has 0 bridgehead atoms. The van der Waals surface area contributed by atoms with Gasteiger partial charge in [0.2, 0.25) is 0 Å². The topological polar surface area (TPSA) is 62.3 Å². The fraction of sp³-hybridized carbons (Fsp3) is 0.652. The molecule has 0 radical (unpaired) electrons. The van der Waals surface area contributed by atoms with Crippen molar-refractivity contribution in [1.29, 1.82) is 0 Å². The molecule has 0 aromatic heterocycles. The largest absolute Gasteiger partial charge is 0.383 e. The summed E-state index contributed by atoms with van der Waals surface area (Å²) in [5.74, 6) is -0.0135. The van der Waals surface area contributed by atoms with Gasteiger partial charge >= 0.3 is 6.03 Å². The van der Waals surface area contributed by atoms with E-state index in [4.69, 9.17) is 9.47 Å². The monoisotopic (exact) mass is 415 g/mol. The Morgan fingerprint density at radius 3 is 2.27 bits per heavy atom. The van der Waals surface area contributed by atoms with Gasteiger partial charge in [0.25, 0.3) is 5.91 Å². The van der Waals surface area contributed by atoms with Crippen molar-refractivity contribution in [2.45, 2.75) is 50.2 Å². The highest BCUT2D eigenvalue weighted by Gasteiger charge is 2.59. The molecule has 1 aromatic rings. The molecule has 1 spiro atoms. The third kappa shape index (κ3) is 3.53. The molecule has 7 nitrogen and oxygen atoms in total. The minimum absolute atomic E-state index is 0.0135. The van der Waals surface area contributed by atoms with Gasteiger partial charge in [-0.1, -0.05) is 24.3 Å². The van der Waals surface area contributed by atoms with E-state index in [1.807, 2.05) is 12.1 Å². The number of carbonyl (C=O) groups excluding carboxylic acids is 2. The fourth-order valence-corrected chi connectivity index (χ4v) is 5.44. The Bertz CT molecular complexity index is 765. The van der Waals surface area contributed by atoms with E-state index in [0.717, 1.165) is 25.9 Å². The molecule has 1 aromatic carbocycles. The van der Waals surface area contributed by atoms with E-state index in [1.54, 1.807) is 24.0 Å². The maximum atomic E-state index is 13.8. The summed E-state index contributed by atoms with van der Waals surface area (Å²) in [7, 11) is 3.35. The number of amides is 3. The van der Waals surface area contributed by atoms with Crippen LogP contribution in [0.5, 0.6) is 0 Å². The normalized spacial score (nSPS) is 22.9. The second-order valence-electron chi connectivity index (χ2n) is 8.80. The summed E-state index contributed by atoms with van der Waals surface area (Å²) in [4.78, 5) is 33.0. The van der Waals surface area contributed by atoms with Crippen molar-refractivity contribution in [2.75, 3.05) is 47.1 Å². The van der Waals surface area contributed by atoms with Gasteiger partial charge in [-0.3, -0.25) is 14.6 Å². The molecular formula is C23H33N3O4. The van der Waals surface area contributed by atoms with Gasteiger partial charge in [0.15, 0.2) is 0 Å². The van der Waals surface area contributed by atoms with Crippen LogP contribution in [0.2, 0.25) is 0 Å². The van der Waals surface area contributed by atoms with E-state index < -0.39 is 5.54 Å². The minimum Gasteiger partial charge on any atom is -0.383 e. The number of ether oxygens (including phenoxy) is 2. The van der Waals surface area contributed by atoms with Crippen molar-refractivity contribution in [2.24, 2.45) is 0 Å². The quantitative estimate of drug-likeness (QED) is 0.637. The Labute approximate surface area is 178 Å². The predicted octanol–water partition coefficient (Wildman–Crippen LogP) is 1.93. The Balaban J connectivity index is 1.56. The molecule has 0 saturated carbocycles. The maximum Gasteiger partial charge on any atom is 0.328 e. The van der Waals surface area contributed by atoms with Crippen LogP contribution in [0.25, 0.3) is 0 Å². The van der Waals surface area contributed by atoms with Gasteiger partial charge in [-0.2, -0.15) is 0 Å². The molecule has 2 fully saturated rings. The van der Waals surface area contributed by atoms with E-state index in [1.165, 1.54) is 11.1 Å². The number of methoxy groups -OCH3 is 2. The first kappa shape index (κ1) is 21.3. The summed E-state index contributed by atoms with van der Waals surface area (Å²) in [6.07, 6.45) is 2.81. The van der Waals surface area contributed by atoms with Gasteiger partial charge in [0.05, 0.1) is 13.2 Å². The van der Waals surface area contributed by atoms with Gasteiger partial charge < -0.3 is 14.4 Å². The first-order chi connectivity index (χ1) is 14.5. The summed E-state index contributed by atoms with van der Waals surface area (Å²) in [5, 5.41) is 0. The highest BCUT2D eigenvalue weighted by molar-refractivity contribution is 6.07. The lowest BCUT2D eigenvalue weighted by Crippen LogP contribution is -2.58. The Morgan fingerprint density at radius 1 is 1.07 bits per heavy atom. The van der Waals surface area contributed by atoms with Gasteiger partial charge in [-0.25, -0.2) is 4.79 Å². The molecule has 2 heterocycles. The van der Waals surface area contributed by atoms with Gasteiger partial charge in [0, 0.05) is 45.9 Å². The van der Waals surface area contributed by atoms with E-state index in [0.29, 0.717) is 38.6 Å². The summed E-state index contributed by atoms with van der Waals surface area (Å²) in [6.45, 7) is 5.26. The Hall–Kier alpha value is -1.96.